The number of carbonyl (C=O) groups excluding carboxylic acids is 1. The largest absolute Gasteiger partial charge is 0.298 e. The van der Waals surface area contributed by atoms with E-state index in [0.29, 0.717) is 15.2 Å². The normalized spacial score (nSPS) is 10.8. The Morgan fingerprint density at radius 3 is 2.62 bits per heavy atom. The Morgan fingerprint density at radius 2 is 1.90 bits per heavy atom. The summed E-state index contributed by atoms with van der Waals surface area (Å²) in [5.74, 6) is -0.360. The second kappa shape index (κ2) is 5.64. The van der Waals surface area contributed by atoms with Crippen LogP contribution in [0.15, 0.2) is 36.4 Å². The number of thiazole rings is 1. The topological polar surface area (TPSA) is 42.0 Å². The average Bonchev–Trinajstić information content (AvgIpc) is 2.79. The molecule has 0 aliphatic carbocycles. The number of amides is 1. The van der Waals surface area contributed by atoms with Gasteiger partial charge in [-0.15, -0.1) is 0 Å². The first-order chi connectivity index (χ1) is 10.0. The van der Waals surface area contributed by atoms with Gasteiger partial charge in [0.2, 0.25) is 0 Å². The number of halogens is 2. The number of aromatic nitrogens is 1. The second-order valence-electron chi connectivity index (χ2n) is 4.54. The van der Waals surface area contributed by atoms with E-state index in [4.69, 9.17) is 23.2 Å². The van der Waals surface area contributed by atoms with Gasteiger partial charge in [0.05, 0.1) is 25.8 Å². The first-order valence-corrected chi connectivity index (χ1v) is 7.74. The fraction of sp³-hybridized carbons (Fsp3) is 0.0667. The molecule has 3 nitrogen and oxygen atoms in total. The molecule has 2 aromatic carbocycles. The van der Waals surface area contributed by atoms with Gasteiger partial charge in [-0.3, -0.25) is 10.1 Å². The molecule has 21 heavy (non-hydrogen) atoms. The van der Waals surface area contributed by atoms with Crippen LogP contribution in [0.5, 0.6) is 0 Å². The molecule has 1 amide bonds. The van der Waals surface area contributed by atoms with Crippen LogP contribution in [0.3, 0.4) is 0 Å². The van der Waals surface area contributed by atoms with Crippen LogP contribution in [0.4, 0.5) is 5.13 Å². The van der Waals surface area contributed by atoms with E-state index in [9.17, 15) is 4.79 Å². The summed E-state index contributed by atoms with van der Waals surface area (Å²) in [6.45, 7) is 2.01. The Balaban J connectivity index is 1.93. The van der Waals surface area contributed by atoms with Gasteiger partial charge in [-0.05, 0) is 36.8 Å². The molecule has 0 spiro atoms. The summed E-state index contributed by atoms with van der Waals surface area (Å²) in [7, 11) is 0. The molecule has 0 unspecified atom stereocenters. The van der Waals surface area contributed by atoms with Gasteiger partial charge in [-0.25, -0.2) is 4.98 Å². The maximum absolute atomic E-state index is 12.3. The molecule has 106 valence electrons. The predicted molar refractivity (Wildman–Crippen MR) is 88.8 cm³/mol. The molecule has 0 atom stereocenters. The molecule has 6 heteroatoms. The van der Waals surface area contributed by atoms with E-state index < -0.39 is 0 Å². The maximum atomic E-state index is 12.3. The molecule has 0 radical (unpaired) electrons. The zero-order chi connectivity index (χ0) is 15.0. The van der Waals surface area contributed by atoms with Crippen LogP contribution in [0.2, 0.25) is 10.0 Å². The Bertz CT molecular complexity index is 825. The summed E-state index contributed by atoms with van der Waals surface area (Å²) in [6, 6.07) is 10.9. The van der Waals surface area contributed by atoms with Gasteiger partial charge in [-0.1, -0.05) is 46.7 Å². The quantitative estimate of drug-likeness (QED) is 0.701. The van der Waals surface area contributed by atoms with E-state index in [2.05, 4.69) is 10.3 Å². The van der Waals surface area contributed by atoms with Crippen molar-refractivity contribution in [3.63, 3.8) is 0 Å². The summed E-state index contributed by atoms with van der Waals surface area (Å²) < 4.78 is 1.02. The van der Waals surface area contributed by atoms with E-state index in [1.165, 1.54) is 11.3 Å². The lowest BCUT2D eigenvalue weighted by atomic mass is 10.2. The average molecular weight is 337 g/mol. The molecular weight excluding hydrogens is 327 g/mol. The molecule has 0 saturated heterocycles. The summed E-state index contributed by atoms with van der Waals surface area (Å²) in [5.41, 5.74) is 2.26. The minimum Gasteiger partial charge on any atom is -0.298 e. The van der Waals surface area contributed by atoms with Crippen molar-refractivity contribution in [1.82, 2.24) is 4.98 Å². The van der Waals surface area contributed by atoms with Crippen molar-refractivity contribution >= 4 is 55.8 Å². The van der Waals surface area contributed by atoms with E-state index in [-0.39, 0.29) is 11.5 Å². The Hall–Kier alpha value is -1.62. The van der Waals surface area contributed by atoms with Crippen molar-refractivity contribution in [2.45, 2.75) is 6.92 Å². The molecule has 1 heterocycles. The lowest BCUT2D eigenvalue weighted by Gasteiger charge is -2.05. The predicted octanol–water partition coefficient (Wildman–Crippen LogP) is 5.16. The number of rotatable bonds is 2. The number of hydrogen-bond donors (Lipinski definition) is 1. The Labute approximate surface area is 135 Å². The van der Waals surface area contributed by atoms with Crippen LogP contribution in [0.1, 0.15) is 15.9 Å². The fourth-order valence-electron chi connectivity index (χ4n) is 1.96. The van der Waals surface area contributed by atoms with Crippen molar-refractivity contribution in [1.29, 1.82) is 0 Å². The Kier molecular flexibility index (Phi) is 3.85. The third-order valence-electron chi connectivity index (χ3n) is 2.95. The number of anilines is 1. The number of fused-ring (bicyclic) bond motifs is 1. The Morgan fingerprint density at radius 1 is 1.19 bits per heavy atom. The number of nitrogens with one attached hydrogen (secondary N) is 1. The third-order valence-corrected chi connectivity index (χ3v) is 4.52. The van der Waals surface area contributed by atoms with E-state index in [1.54, 1.807) is 18.2 Å². The first-order valence-electron chi connectivity index (χ1n) is 6.17. The third kappa shape index (κ3) is 2.88. The number of aryl methyl sites for hydroxylation is 1. The summed E-state index contributed by atoms with van der Waals surface area (Å²) in [5, 5.41) is 3.91. The van der Waals surface area contributed by atoms with Crippen LogP contribution in [0.25, 0.3) is 10.2 Å². The molecule has 0 fully saturated rings. The second-order valence-corrected chi connectivity index (χ2v) is 6.39. The van der Waals surface area contributed by atoms with Crippen molar-refractivity contribution in [2.24, 2.45) is 0 Å². The zero-order valence-corrected chi connectivity index (χ0v) is 13.3. The number of hydrogen-bond acceptors (Lipinski definition) is 3. The SMILES string of the molecule is Cc1ccc2nc(NC(=O)c3c(Cl)cccc3Cl)sc2c1. The van der Waals surface area contributed by atoms with Gasteiger partial charge in [-0.2, -0.15) is 0 Å². The molecule has 0 saturated carbocycles. The molecule has 1 N–H and O–H groups in total. The molecule has 3 aromatic rings. The van der Waals surface area contributed by atoms with E-state index >= 15 is 0 Å². The number of benzene rings is 2. The van der Waals surface area contributed by atoms with E-state index in [0.717, 1.165) is 15.8 Å². The van der Waals surface area contributed by atoms with Gasteiger partial charge >= 0.3 is 0 Å². The van der Waals surface area contributed by atoms with E-state index in [1.807, 2.05) is 25.1 Å². The lowest BCUT2D eigenvalue weighted by molar-refractivity contribution is 0.102. The van der Waals surface area contributed by atoms with Crippen LogP contribution in [0, 0.1) is 6.92 Å². The van der Waals surface area contributed by atoms with Crippen molar-refractivity contribution in [3.8, 4) is 0 Å². The minimum atomic E-state index is -0.360. The highest BCUT2D eigenvalue weighted by Gasteiger charge is 2.16. The fourth-order valence-corrected chi connectivity index (χ4v) is 3.49. The standard InChI is InChI=1S/C15H10Cl2N2OS/c1-8-5-6-11-12(7-8)21-15(18-11)19-14(20)13-9(16)3-2-4-10(13)17/h2-7H,1H3,(H,18,19,20). The molecule has 3 rings (SSSR count). The van der Waals surface area contributed by atoms with Gasteiger partial charge < -0.3 is 0 Å². The smallest absolute Gasteiger partial charge is 0.260 e. The first kappa shape index (κ1) is 14.3. The zero-order valence-electron chi connectivity index (χ0n) is 11.0. The molecule has 0 aliphatic rings. The summed E-state index contributed by atoms with van der Waals surface area (Å²) >= 11 is 13.5. The maximum Gasteiger partial charge on any atom is 0.260 e. The molecule has 1 aromatic heterocycles. The molecule has 0 bridgehead atoms. The summed E-state index contributed by atoms with van der Waals surface area (Å²) in [4.78, 5) is 16.7. The van der Waals surface area contributed by atoms with Crippen LogP contribution in [-0.2, 0) is 0 Å². The highest BCUT2D eigenvalue weighted by Crippen LogP contribution is 2.29. The van der Waals surface area contributed by atoms with Gasteiger partial charge in [0.1, 0.15) is 0 Å². The van der Waals surface area contributed by atoms with Gasteiger partial charge in [0, 0.05) is 0 Å². The lowest BCUT2D eigenvalue weighted by Crippen LogP contribution is -2.12. The van der Waals surface area contributed by atoms with Gasteiger partial charge in [0.25, 0.3) is 5.91 Å². The van der Waals surface area contributed by atoms with Crippen LogP contribution < -0.4 is 5.32 Å². The van der Waals surface area contributed by atoms with Gasteiger partial charge in [0.15, 0.2) is 5.13 Å². The number of carbonyl (C=O) groups is 1. The van der Waals surface area contributed by atoms with Crippen molar-refractivity contribution in [2.75, 3.05) is 5.32 Å². The summed E-state index contributed by atoms with van der Waals surface area (Å²) in [6.07, 6.45) is 0. The molecular formula is C15H10Cl2N2OS. The highest BCUT2D eigenvalue weighted by atomic mass is 35.5. The minimum absolute atomic E-state index is 0.260. The van der Waals surface area contributed by atoms with Crippen LogP contribution in [-0.4, -0.2) is 10.9 Å². The van der Waals surface area contributed by atoms with Crippen molar-refractivity contribution < 1.29 is 4.79 Å². The monoisotopic (exact) mass is 336 g/mol. The molecule has 0 aliphatic heterocycles. The van der Waals surface area contributed by atoms with Crippen molar-refractivity contribution in [3.05, 3.63) is 57.6 Å². The highest BCUT2D eigenvalue weighted by molar-refractivity contribution is 7.22. The number of nitrogens with zero attached hydrogens (tertiary/aromatic N) is 1. The van der Waals surface area contributed by atoms with Crippen LogP contribution >= 0.6 is 34.5 Å².